The Labute approximate surface area is 151 Å². The molecule has 0 saturated carbocycles. The molecule has 2 unspecified atom stereocenters. The second-order valence-corrected chi connectivity index (χ2v) is 7.62. The lowest BCUT2D eigenvalue weighted by Gasteiger charge is -2.45. The zero-order chi connectivity index (χ0) is 17.2. The quantitative estimate of drug-likeness (QED) is 0.780. The topological polar surface area (TPSA) is 6.48 Å². The van der Waals surface area contributed by atoms with Crippen molar-refractivity contribution in [3.05, 3.63) is 71.8 Å². The maximum absolute atomic E-state index is 2.74. The molecule has 2 aliphatic heterocycles. The number of para-hydroxylation sites is 1. The van der Waals surface area contributed by atoms with Crippen molar-refractivity contribution < 1.29 is 0 Å². The number of fused-ring (bicyclic) bond motifs is 2. The molecule has 2 aromatic carbocycles. The third kappa shape index (κ3) is 3.36. The highest BCUT2D eigenvalue weighted by Crippen LogP contribution is 2.40. The zero-order valence-corrected chi connectivity index (χ0v) is 15.4. The number of nitrogens with zero attached hydrogens (tertiary/aromatic N) is 2. The Balaban J connectivity index is 1.64. The lowest BCUT2D eigenvalue weighted by atomic mass is 9.82. The summed E-state index contributed by atoms with van der Waals surface area (Å²) in [6, 6.07) is 21.1. The molecule has 25 heavy (non-hydrogen) atoms. The maximum Gasteiger partial charge on any atom is 0.0437 e. The average molecular weight is 332 g/mol. The normalized spacial score (nSPS) is 23.2. The minimum absolute atomic E-state index is 0.581. The number of rotatable bonds is 4. The number of hydrogen-bond donors (Lipinski definition) is 0. The van der Waals surface area contributed by atoms with Gasteiger partial charge in [-0.05, 0) is 36.5 Å². The standard InChI is InChI=1S/C23H28N2/c1-24(2)23-14-7-6-13-22(23)19-15-20-11-8-12-21(16-19)25(20)17-18-9-4-3-5-10-18/h3-7,9-10,13-15,20-21H,8,11-12,16-17H2,1-2H3. The first kappa shape index (κ1) is 16.4. The predicted molar refractivity (Wildman–Crippen MR) is 107 cm³/mol. The van der Waals surface area contributed by atoms with Crippen molar-refractivity contribution in [2.75, 3.05) is 19.0 Å². The van der Waals surface area contributed by atoms with Gasteiger partial charge in [0.2, 0.25) is 0 Å². The smallest absolute Gasteiger partial charge is 0.0437 e. The zero-order valence-electron chi connectivity index (χ0n) is 15.4. The van der Waals surface area contributed by atoms with E-state index in [1.165, 1.54) is 42.5 Å². The van der Waals surface area contributed by atoms with Gasteiger partial charge in [-0.15, -0.1) is 0 Å². The maximum atomic E-state index is 2.74. The summed E-state index contributed by atoms with van der Waals surface area (Å²) in [4.78, 5) is 4.98. The van der Waals surface area contributed by atoms with Crippen molar-refractivity contribution >= 4 is 11.3 Å². The average Bonchev–Trinajstić information content (AvgIpc) is 2.62. The Kier molecular flexibility index (Phi) is 4.63. The van der Waals surface area contributed by atoms with E-state index in [1.807, 2.05) is 0 Å². The van der Waals surface area contributed by atoms with E-state index < -0.39 is 0 Å². The molecule has 2 heteroatoms. The molecule has 0 amide bonds. The van der Waals surface area contributed by atoms with E-state index in [4.69, 9.17) is 0 Å². The molecule has 0 aromatic heterocycles. The van der Waals surface area contributed by atoms with Gasteiger partial charge in [0.1, 0.15) is 0 Å². The minimum atomic E-state index is 0.581. The van der Waals surface area contributed by atoms with Gasteiger partial charge in [0.25, 0.3) is 0 Å². The second-order valence-electron chi connectivity index (χ2n) is 7.62. The van der Waals surface area contributed by atoms with Crippen LogP contribution in [-0.2, 0) is 6.54 Å². The van der Waals surface area contributed by atoms with Gasteiger partial charge in [-0.25, -0.2) is 0 Å². The van der Waals surface area contributed by atoms with Gasteiger partial charge in [-0.3, -0.25) is 4.90 Å². The predicted octanol–water partition coefficient (Wildman–Crippen LogP) is 4.96. The van der Waals surface area contributed by atoms with Crippen LogP contribution in [0, 0.1) is 0 Å². The summed E-state index contributed by atoms with van der Waals surface area (Å²) < 4.78 is 0. The van der Waals surface area contributed by atoms with Crippen LogP contribution in [0.4, 0.5) is 5.69 Å². The van der Waals surface area contributed by atoms with Crippen LogP contribution in [0.3, 0.4) is 0 Å². The molecule has 2 aliphatic rings. The van der Waals surface area contributed by atoms with Crippen LogP contribution in [0.1, 0.15) is 36.8 Å². The van der Waals surface area contributed by atoms with Gasteiger partial charge in [-0.2, -0.15) is 0 Å². The van der Waals surface area contributed by atoms with Crippen molar-refractivity contribution in [3.63, 3.8) is 0 Å². The van der Waals surface area contributed by atoms with Gasteiger partial charge in [0.05, 0.1) is 0 Å². The third-order valence-electron chi connectivity index (χ3n) is 5.72. The van der Waals surface area contributed by atoms with Gasteiger partial charge in [-0.1, -0.05) is 61.0 Å². The first-order chi connectivity index (χ1) is 12.2. The summed E-state index contributed by atoms with van der Waals surface area (Å²) in [7, 11) is 4.29. The summed E-state index contributed by atoms with van der Waals surface area (Å²) in [5, 5.41) is 0. The number of hydrogen-bond acceptors (Lipinski definition) is 2. The van der Waals surface area contributed by atoms with Crippen molar-refractivity contribution in [2.24, 2.45) is 0 Å². The van der Waals surface area contributed by atoms with Gasteiger partial charge in [0.15, 0.2) is 0 Å². The van der Waals surface area contributed by atoms with Gasteiger partial charge < -0.3 is 4.90 Å². The van der Waals surface area contributed by atoms with E-state index in [9.17, 15) is 0 Å². The van der Waals surface area contributed by atoms with Crippen LogP contribution in [0.15, 0.2) is 60.7 Å². The Morgan fingerprint density at radius 3 is 2.48 bits per heavy atom. The molecule has 2 aromatic rings. The molecule has 2 nitrogen and oxygen atoms in total. The second kappa shape index (κ2) is 7.05. The van der Waals surface area contributed by atoms with E-state index in [1.54, 1.807) is 5.57 Å². The van der Waals surface area contributed by atoms with E-state index in [0.717, 1.165) is 6.54 Å². The van der Waals surface area contributed by atoms with Crippen LogP contribution in [0.25, 0.3) is 5.57 Å². The van der Waals surface area contributed by atoms with Crippen LogP contribution in [0.2, 0.25) is 0 Å². The van der Waals surface area contributed by atoms with Gasteiger partial charge in [0, 0.05) is 44.0 Å². The molecule has 1 fully saturated rings. The molecule has 0 spiro atoms. The third-order valence-corrected chi connectivity index (χ3v) is 5.72. The Hall–Kier alpha value is -2.06. The number of anilines is 1. The largest absolute Gasteiger partial charge is 0.377 e. The summed E-state index contributed by atoms with van der Waals surface area (Å²) in [6.07, 6.45) is 7.70. The fourth-order valence-electron chi connectivity index (χ4n) is 4.49. The molecule has 2 atom stereocenters. The van der Waals surface area contributed by atoms with Crippen LogP contribution in [-0.4, -0.2) is 31.1 Å². The summed E-state index contributed by atoms with van der Waals surface area (Å²) >= 11 is 0. The summed E-state index contributed by atoms with van der Waals surface area (Å²) in [5.74, 6) is 0. The van der Waals surface area contributed by atoms with Gasteiger partial charge >= 0.3 is 0 Å². The number of piperidine rings is 1. The van der Waals surface area contributed by atoms with Crippen LogP contribution >= 0.6 is 0 Å². The van der Waals surface area contributed by atoms with E-state index in [-0.39, 0.29) is 0 Å². The molecule has 130 valence electrons. The Bertz CT molecular complexity index is 748. The highest BCUT2D eigenvalue weighted by molar-refractivity contribution is 5.78. The van der Waals surface area contributed by atoms with Crippen molar-refractivity contribution in [1.29, 1.82) is 0 Å². The minimum Gasteiger partial charge on any atom is -0.377 e. The van der Waals surface area contributed by atoms with Crippen LogP contribution in [0.5, 0.6) is 0 Å². The summed E-state index contributed by atoms with van der Waals surface area (Å²) in [5.41, 5.74) is 5.74. The SMILES string of the molecule is CN(C)c1ccccc1C1=CC2CCCC(C1)N2Cc1ccccc1. The Morgan fingerprint density at radius 2 is 1.72 bits per heavy atom. The molecule has 4 rings (SSSR count). The first-order valence-corrected chi connectivity index (χ1v) is 9.49. The molecule has 0 radical (unpaired) electrons. The molecular formula is C23H28N2. The fraction of sp³-hybridized carbons (Fsp3) is 0.391. The highest BCUT2D eigenvalue weighted by atomic mass is 15.2. The van der Waals surface area contributed by atoms with Crippen molar-refractivity contribution in [3.8, 4) is 0 Å². The lowest BCUT2D eigenvalue weighted by molar-refractivity contribution is 0.0951. The molecule has 0 N–H and O–H groups in total. The molecular weight excluding hydrogens is 304 g/mol. The highest BCUT2D eigenvalue weighted by Gasteiger charge is 2.34. The molecule has 2 heterocycles. The summed E-state index contributed by atoms with van der Waals surface area (Å²) in [6.45, 7) is 1.08. The lowest BCUT2D eigenvalue weighted by Crippen LogP contribution is -2.47. The Morgan fingerprint density at radius 1 is 0.960 bits per heavy atom. The molecule has 0 aliphatic carbocycles. The number of benzene rings is 2. The molecule has 2 bridgehead atoms. The molecule has 1 saturated heterocycles. The van der Waals surface area contributed by atoms with E-state index in [0.29, 0.717) is 12.1 Å². The van der Waals surface area contributed by atoms with Crippen LogP contribution < -0.4 is 4.90 Å². The van der Waals surface area contributed by atoms with E-state index in [2.05, 4.69) is 84.6 Å². The van der Waals surface area contributed by atoms with E-state index >= 15 is 0 Å². The fourth-order valence-corrected chi connectivity index (χ4v) is 4.49. The van der Waals surface area contributed by atoms with Crippen molar-refractivity contribution in [2.45, 2.75) is 44.3 Å². The monoisotopic (exact) mass is 332 g/mol. The van der Waals surface area contributed by atoms with Crippen molar-refractivity contribution in [1.82, 2.24) is 4.90 Å². The first-order valence-electron chi connectivity index (χ1n) is 9.49.